The zero-order chi connectivity index (χ0) is 16.4. The van der Waals surface area contributed by atoms with E-state index >= 15 is 0 Å². The molecule has 0 aliphatic heterocycles. The summed E-state index contributed by atoms with van der Waals surface area (Å²) in [6, 6.07) is 8.70. The Morgan fingerprint density at radius 2 is 1.91 bits per heavy atom. The van der Waals surface area contributed by atoms with Gasteiger partial charge >= 0.3 is 0 Å². The van der Waals surface area contributed by atoms with E-state index < -0.39 is 0 Å². The molecule has 0 fully saturated rings. The van der Waals surface area contributed by atoms with E-state index in [2.05, 4.69) is 15.3 Å². The molecular formula is C15H14ClN5OS. The van der Waals surface area contributed by atoms with E-state index in [4.69, 9.17) is 11.6 Å². The van der Waals surface area contributed by atoms with Crippen LogP contribution in [0, 0.1) is 0 Å². The van der Waals surface area contributed by atoms with Crippen molar-refractivity contribution in [1.82, 2.24) is 24.5 Å². The first-order chi connectivity index (χ1) is 11.1. The highest BCUT2D eigenvalue weighted by molar-refractivity contribution is 7.98. The summed E-state index contributed by atoms with van der Waals surface area (Å²) < 4.78 is 3.50. The molecular weight excluding hydrogens is 334 g/mol. The molecule has 3 rings (SSSR count). The number of hydrogen-bond donors (Lipinski definition) is 0. The number of hydrogen-bond acceptors (Lipinski definition) is 5. The van der Waals surface area contributed by atoms with Crippen LogP contribution in [0.5, 0.6) is 0 Å². The van der Waals surface area contributed by atoms with Gasteiger partial charge in [-0.3, -0.25) is 4.79 Å². The molecule has 0 saturated carbocycles. The van der Waals surface area contributed by atoms with Gasteiger partial charge in [0.1, 0.15) is 0 Å². The predicted molar refractivity (Wildman–Crippen MR) is 91.3 cm³/mol. The van der Waals surface area contributed by atoms with E-state index in [9.17, 15) is 4.79 Å². The average Bonchev–Trinajstić information content (AvgIpc) is 2.99. The summed E-state index contributed by atoms with van der Waals surface area (Å²) in [5.41, 5.74) is 0.894. The SMILES string of the molecule is CCn1c(SC)nnc1-c1nn(-c2ccc(Cl)cc2)ccc1=O. The van der Waals surface area contributed by atoms with Gasteiger partial charge in [-0.25, -0.2) is 4.68 Å². The summed E-state index contributed by atoms with van der Waals surface area (Å²) >= 11 is 7.39. The van der Waals surface area contributed by atoms with Crippen molar-refractivity contribution in [3.8, 4) is 17.2 Å². The van der Waals surface area contributed by atoms with Crippen LogP contribution in [0.2, 0.25) is 5.02 Å². The lowest BCUT2D eigenvalue weighted by molar-refractivity contribution is 0.683. The van der Waals surface area contributed by atoms with Gasteiger partial charge in [-0.1, -0.05) is 23.4 Å². The predicted octanol–water partition coefficient (Wildman–Crippen LogP) is 2.89. The van der Waals surface area contributed by atoms with Crippen molar-refractivity contribution in [2.24, 2.45) is 0 Å². The van der Waals surface area contributed by atoms with Crippen molar-refractivity contribution in [3.63, 3.8) is 0 Å². The van der Waals surface area contributed by atoms with Gasteiger partial charge in [-0.15, -0.1) is 10.2 Å². The van der Waals surface area contributed by atoms with Gasteiger partial charge in [0.15, 0.2) is 16.7 Å². The van der Waals surface area contributed by atoms with Crippen molar-refractivity contribution >= 4 is 23.4 Å². The third kappa shape index (κ3) is 3.02. The number of benzene rings is 1. The number of aromatic nitrogens is 5. The molecule has 0 amide bonds. The van der Waals surface area contributed by atoms with Crippen LogP contribution >= 0.6 is 23.4 Å². The Balaban J connectivity index is 2.13. The minimum Gasteiger partial charge on any atom is -0.301 e. The molecule has 0 saturated heterocycles. The first-order valence-electron chi connectivity index (χ1n) is 6.97. The standard InChI is InChI=1S/C15H14ClN5OS/c1-3-20-14(17-18-15(20)23-2)13-12(22)8-9-21(19-13)11-6-4-10(16)5-7-11/h4-9H,3H2,1-2H3. The Hall–Kier alpha value is -2.12. The van der Waals surface area contributed by atoms with E-state index in [0.717, 1.165) is 10.8 Å². The van der Waals surface area contributed by atoms with Crippen LogP contribution in [-0.2, 0) is 6.54 Å². The molecule has 6 nitrogen and oxygen atoms in total. The lowest BCUT2D eigenvalue weighted by Gasteiger charge is -2.08. The third-order valence-corrected chi connectivity index (χ3v) is 4.25. The van der Waals surface area contributed by atoms with Crippen LogP contribution in [0.3, 0.4) is 0 Å². The van der Waals surface area contributed by atoms with Gasteiger partial charge < -0.3 is 4.57 Å². The molecule has 23 heavy (non-hydrogen) atoms. The fraction of sp³-hybridized carbons (Fsp3) is 0.200. The van der Waals surface area contributed by atoms with Gasteiger partial charge in [-0.05, 0) is 37.4 Å². The van der Waals surface area contributed by atoms with Crippen molar-refractivity contribution in [2.75, 3.05) is 6.26 Å². The molecule has 8 heteroatoms. The minimum absolute atomic E-state index is 0.190. The molecule has 0 aliphatic carbocycles. The maximum absolute atomic E-state index is 12.2. The second-order valence-corrected chi connectivity index (χ2v) is 5.91. The molecule has 2 heterocycles. The normalized spacial score (nSPS) is 10.9. The fourth-order valence-electron chi connectivity index (χ4n) is 2.20. The smallest absolute Gasteiger partial charge is 0.211 e. The largest absolute Gasteiger partial charge is 0.301 e. The van der Waals surface area contributed by atoms with Crippen LogP contribution in [0.1, 0.15) is 6.92 Å². The van der Waals surface area contributed by atoms with Crippen molar-refractivity contribution in [3.05, 3.63) is 51.8 Å². The number of rotatable bonds is 4. The van der Waals surface area contributed by atoms with Crippen molar-refractivity contribution < 1.29 is 0 Å². The monoisotopic (exact) mass is 347 g/mol. The Kier molecular flexibility index (Phi) is 4.49. The van der Waals surface area contributed by atoms with Crippen LogP contribution in [0.4, 0.5) is 0 Å². The summed E-state index contributed by atoms with van der Waals surface area (Å²) in [6.07, 6.45) is 3.54. The van der Waals surface area contributed by atoms with Gasteiger partial charge in [0.25, 0.3) is 0 Å². The molecule has 2 aromatic heterocycles. The molecule has 1 aromatic carbocycles. The molecule has 0 N–H and O–H groups in total. The van der Waals surface area contributed by atoms with E-state index in [-0.39, 0.29) is 11.1 Å². The topological polar surface area (TPSA) is 65.6 Å². The first-order valence-corrected chi connectivity index (χ1v) is 8.57. The Morgan fingerprint density at radius 1 is 1.17 bits per heavy atom. The highest BCUT2D eigenvalue weighted by Gasteiger charge is 2.16. The maximum Gasteiger partial charge on any atom is 0.211 e. The molecule has 0 bridgehead atoms. The van der Waals surface area contributed by atoms with Gasteiger partial charge in [-0.2, -0.15) is 5.10 Å². The zero-order valence-electron chi connectivity index (χ0n) is 12.6. The highest BCUT2D eigenvalue weighted by atomic mass is 35.5. The second kappa shape index (κ2) is 6.55. The van der Waals surface area contributed by atoms with Gasteiger partial charge in [0.2, 0.25) is 5.43 Å². The fourth-order valence-corrected chi connectivity index (χ4v) is 2.88. The van der Waals surface area contributed by atoms with Crippen LogP contribution in [0.25, 0.3) is 17.2 Å². The van der Waals surface area contributed by atoms with Crippen LogP contribution in [0.15, 0.2) is 46.5 Å². The van der Waals surface area contributed by atoms with E-state index in [1.54, 1.807) is 23.0 Å². The second-order valence-electron chi connectivity index (χ2n) is 4.70. The molecule has 0 aliphatic rings. The Bertz CT molecular complexity index is 888. The summed E-state index contributed by atoms with van der Waals surface area (Å²) in [5.74, 6) is 0.477. The number of halogens is 1. The van der Waals surface area contributed by atoms with Crippen molar-refractivity contribution in [1.29, 1.82) is 0 Å². The summed E-state index contributed by atoms with van der Waals surface area (Å²) in [6.45, 7) is 2.64. The molecule has 0 radical (unpaired) electrons. The molecule has 0 atom stereocenters. The van der Waals surface area contributed by atoms with E-state index in [0.29, 0.717) is 17.4 Å². The van der Waals surface area contributed by atoms with Gasteiger partial charge in [0.05, 0.1) is 5.69 Å². The molecule has 3 aromatic rings. The summed E-state index contributed by atoms with van der Waals surface area (Å²) in [4.78, 5) is 12.2. The quantitative estimate of drug-likeness (QED) is 0.679. The Morgan fingerprint density at radius 3 is 2.57 bits per heavy atom. The number of thioether (sulfide) groups is 1. The Labute approximate surface area is 142 Å². The maximum atomic E-state index is 12.2. The van der Waals surface area contributed by atoms with Crippen LogP contribution in [-0.4, -0.2) is 30.8 Å². The summed E-state index contributed by atoms with van der Waals surface area (Å²) in [5, 5.41) is 14.1. The molecule has 0 unspecified atom stereocenters. The van der Waals surface area contributed by atoms with Crippen LogP contribution < -0.4 is 5.43 Å². The first kappa shape index (κ1) is 15.8. The van der Waals surface area contributed by atoms with Crippen molar-refractivity contribution in [2.45, 2.75) is 18.6 Å². The lowest BCUT2D eigenvalue weighted by Crippen LogP contribution is -2.15. The third-order valence-electron chi connectivity index (χ3n) is 3.33. The van der Waals surface area contributed by atoms with E-state index in [1.165, 1.54) is 17.8 Å². The number of nitrogens with zero attached hydrogens (tertiary/aromatic N) is 5. The lowest BCUT2D eigenvalue weighted by atomic mass is 10.3. The molecule has 118 valence electrons. The average molecular weight is 348 g/mol. The minimum atomic E-state index is -0.190. The van der Waals surface area contributed by atoms with E-state index in [1.807, 2.05) is 29.9 Å². The zero-order valence-corrected chi connectivity index (χ0v) is 14.2. The molecule has 0 spiro atoms. The summed E-state index contributed by atoms with van der Waals surface area (Å²) in [7, 11) is 0. The van der Waals surface area contributed by atoms with Gasteiger partial charge in [0, 0.05) is 23.8 Å². The highest BCUT2D eigenvalue weighted by Crippen LogP contribution is 2.19.